The smallest absolute Gasteiger partial charge is 0.241 e. The maximum atomic E-state index is 12.0. The third-order valence-electron chi connectivity index (χ3n) is 4.74. The van der Waals surface area contributed by atoms with E-state index in [4.69, 9.17) is 5.73 Å². The van der Waals surface area contributed by atoms with Crippen LogP contribution in [0, 0.1) is 25.7 Å². The zero-order valence-electron chi connectivity index (χ0n) is 13.5. The molecule has 21 heavy (non-hydrogen) atoms. The molecule has 5 heteroatoms. The van der Waals surface area contributed by atoms with Crippen molar-refractivity contribution in [2.24, 2.45) is 11.8 Å². The van der Waals surface area contributed by atoms with Gasteiger partial charge >= 0.3 is 0 Å². The maximum Gasteiger partial charge on any atom is 0.241 e. The Labute approximate surface area is 127 Å². The Balaban J connectivity index is 1.71. The van der Waals surface area contributed by atoms with Crippen molar-refractivity contribution in [3.05, 3.63) is 11.4 Å². The molecule has 1 amide bonds. The average molecular weight is 292 g/mol. The SMILES string of the molecule is Cc1nn(CC(=O)NCCC2CCC(C)CC2)c(C)c1N. The van der Waals surface area contributed by atoms with Crippen molar-refractivity contribution in [3.63, 3.8) is 0 Å². The molecule has 1 aliphatic carbocycles. The zero-order valence-corrected chi connectivity index (χ0v) is 13.5. The lowest BCUT2D eigenvalue weighted by atomic mass is 9.81. The number of aromatic nitrogens is 2. The topological polar surface area (TPSA) is 72.9 Å². The summed E-state index contributed by atoms with van der Waals surface area (Å²) in [4.78, 5) is 12.0. The molecule has 3 N–H and O–H groups in total. The van der Waals surface area contributed by atoms with Crippen molar-refractivity contribution in [2.75, 3.05) is 12.3 Å². The van der Waals surface area contributed by atoms with Crippen molar-refractivity contribution in [2.45, 2.75) is 59.4 Å². The number of nitrogens with zero attached hydrogens (tertiary/aromatic N) is 2. The van der Waals surface area contributed by atoms with E-state index in [2.05, 4.69) is 17.3 Å². The van der Waals surface area contributed by atoms with Crippen molar-refractivity contribution in [3.8, 4) is 0 Å². The number of carbonyl (C=O) groups excluding carboxylic acids is 1. The van der Waals surface area contributed by atoms with Crippen LogP contribution in [0.25, 0.3) is 0 Å². The summed E-state index contributed by atoms with van der Waals surface area (Å²) in [5, 5.41) is 7.29. The van der Waals surface area contributed by atoms with Gasteiger partial charge in [0.2, 0.25) is 5.91 Å². The van der Waals surface area contributed by atoms with Gasteiger partial charge in [0.15, 0.2) is 0 Å². The first-order chi connectivity index (χ1) is 9.97. The summed E-state index contributed by atoms with van der Waals surface area (Å²) in [5.74, 6) is 1.68. The number of amides is 1. The number of rotatable bonds is 5. The minimum atomic E-state index is 0.0183. The molecule has 0 radical (unpaired) electrons. The van der Waals surface area contributed by atoms with Gasteiger partial charge in [-0.05, 0) is 32.1 Å². The van der Waals surface area contributed by atoms with Crippen molar-refractivity contribution < 1.29 is 4.79 Å². The Morgan fingerprint density at radius 1 is 1.33 bits per heavy atom. The number of carbonyl (C=O) groups is 1. The molecule has 5 nitrogen and oxygen atoms in total. The van der Waals surface area contributed by atoms with Crippen molar-refractivity contribution in [1.82, 2.24) is 15.1 Å². The van der Waals surface area contributed by atoms with Gasteiger partial charge in [-0.15, -0.1) is 0 Å². The van der Waals surface area contributed by atoms with Gasteiger partial charge < -0.3 is 11.1 Å². The third-order valence-corrected chi connectivity index (χ3v) is 4.74. The van der Waals surface area contributed by atoms with Gasteiger partial charge in [-0.3, -0.25) is 9.48 Å². The van der Waals surface area contributed by atoms with Crippen LogP contribution in [0.15, 0.2) is 0 Å². The molecule has 0 spiro atoms. The highest BCUT2D eigenvalue weighted by molar-refractivity contribution is 5.75. The largest absolute Gasteiger partial charge is 0.396 e. The summed E-state index contributed by atoms with van der Waals surface area (Å²) < 4.78 is 1.68. The quantitative estimate of drug-likeness (QED) is 0.875. The normalized spacial score (nSPS) is 22.2. The van der Waals surface area contributed by atoms with E-state index in [1.165, 1.54) is 25.7 Å². The first-order valence-electron chi connectivity index (χ1n) is 8.03. The predicted octanol–water partition coefficient (Wildman–Crippen LogP) is 2.41. The van der Waals surface area contributed by atoms with Crippen molar-refractivity contribution >= 4 is 11.6 Å². The Morgan fingerprint density at radius 3 is 2.57 bits per heavy atom. The van der Waals surface area contributed by atoms with E-state index < -0.39 is 0 Å². The number of nitrogens with one attached hydrogen (secondary N) is 1. The number of aryl methyl sites for hydroxylation is 1. The first kappa shape index (κ1) is 15.9. The van der Waals surface area contributed by atoms with Crippen LogP contribution >= 0.6 is 0 Å². The summed E-state index contributed by atoms with van der Waals surface area (Å²) in [6.07, 6.45) is 6.39. The second-order valence-electron chi connectivity index (χ2n) is 6.51. The molecule has 1 saturated carbocycles. The second kappa shape index (κ2) is 6.96. The number of nitrogen functional groups attached to an aromatic ring is 1. The Morgan fingerprint density at radius 2 is 2.00 bits per heavy atom. The minimum Gasteiger partial charge on any atom is -0.396 e. The Kier molecular flexibility index (Phi) is 5.26. The predicted molar refractivity (Wildman–Crippen MR) is 84.9 cm³/mol. The molecule has 1 aromatic heterocycles. The van der Waals surface area contributed by atoms with Gasteiger partial charge in [-0.1, -0.05) is 32.6 Å². The third kappa shape index (κ3) is 4.22. The molecule has 118 valence electrons. The molecule has 0 aliphatic heterocycles. The van der Waals surface area contributed by atoms with Gasteiger partial charge in [0.1, 0.15) is 6.54 Å². The van der Waals surface area contributed by atoms with Gasteiger partial charge in [0.25, 0.3) is 0 Å². The molecule has 0 saturated heterocycles. The Hall–Kier alpha value is -1.52. The lowest BCUT2D eigenvalue weighted by Crippen LogP contribution is -2.30. The highest BCUT2D eigenvalue weighted by Crippen LogP contribution is 2.29. The second-order valence-corrected chi connectivity index (χ2v) is 6.51. The van der Waals surface area contributed by atoms with Crippen LogP contribution in [0.5, 0.6) is 0 Å². The van der Waals surface area contributed by atoms with E-state index in [0.29, 0.717) is 5.69 Å². The highest BCUT2D eigenvalue weighted by Gasteiger charge is 2.18. The number of hydrogen-bond acceptors (Lipinski definition) is 3. The molecular formula is C16H28N4O. The van der Waals surface area contributed by atoms with E-state index in [9.17, 15) is 4.79 Å². The van der Waals surface area contributed by atoms with E-state index >= 15 is 0 Å². The fourth-order valence-electron chi connectivity index (χ4n) is 3.09. The van der Waals surface area contributed by atoms with Crippen LogP contribution in [-0.2, 0) is 11.3 Å². The zero-order chi connectivity index (χ0) is 15.4. The lowest BCUT2D eigenvalue weighted by molar-refractivity contribution is -0.121. The maximum absolute atomic E-state index is 12.0. The highest BCUT2D eigenvalue weighted by atomic mass is 16.2. The lowest BCUT2D eigenvalue weighted by Gasteiger charge is -2.26. The summed E-state index contributed by atoms with van der Waals surface area (Å²) in [6.45, 7) is 7.11. The molecule has 1 heterocycles. The van der Waals surface area contributed by atoms with E-state index in [0.717, 1.165) is 36.2 Å². The number of hydrogen-bond donors (Lipinski definition) is 2. The van der Waals surface area contributed by atoms with E-state index in [1.807, 2.05) is 13.8 Å². The monoisotopic (exact) mass is 292 g/mol. The molecule has 2 rings (SSSR count). The van der Waals surface area contributed by atoms with Crippen LogP contribution in [0.4, 0.5) is 5.69 Å². The van der Waals surface area contributed by atoms with E-state index in [1.54, 1.807) is 4.68 Å². The molecule has 1 aliphatic rings. The van der Waals surface area contributed by atoms with Crippen LogP contribution in [-0.4, -0.2) is 22.2 Å². The molecule has 1 fully saturated rings. The summed E-state index contributed by atoms with van der Waals surface area (Å²) in [7, 11) is 0. The molecule has 1 aromatic rings. The van der Waals surface area contributed by atoms with Crippen LogP contribution in [0.3, 0.4) is 0 Å². The molecular weight excluding hydrogens is 264 g/mol. The number of nitrogens with two attached hydrogens (primary N) is 1. The average Bonchev–Trinajstić information content (AvgIpc) is 2.68. The number of anilines is 1. The van der Waals surface area contributed by atoms with E-state index in [-0.39, 0.29) is 12.5 Å². The van der Waals surface area contributed by atoms with Gasteiger partial charge in [-0.2, -0.15) is 5.10 Å². The minimum absolute atomic E-state index is 0.0183. The summed E-state index contributed by atoms with van der Waals surface area (Å²) in [6, 6.07) is 0. The molecule has 0 atom stereocenters. The van der Waals surface area contributed by atoms with Gasteiger partial charge in [-0.25, -0.2) is 0 Å². The fraction of sp³-hybridized carbons (Fsp3) is 0.750. The standard InChI is InChI=1S/C16H28N4O/c1-11-4-6-14(7-5-11)8-9-18-15(21)10-20-13(3)16(17)12(2)19-20/h11,14H,4-10,17H2,1-3H3,(H,18,21). The van der Waals surface area contributed by atoms with Gasteiger partial charge in [0.05, 0.1) is 17.1 Å². The molecule has 0 bridgehead atoms. The van der Waals surface area contributed by atoms with Crippen LogP contribution in [0.2, 0.25) is 0 Å². The van der Waals surface area contributed by atoms with Crippen LogP contribution in [0.1, 0.15) is 50.4 Å². The summed E-state index contributed by atoms with van der Waals surface area (Å²) >= 11 is 0. The first-order valence-corrected chi connectivity index (χ1v) is 8.03. The molecule has 0 aromatic carbocycles. The summed E-state index contributed by atoms with van der Waals surface area (Å²) in [5.41, 5.74) is 8.21. The Bertz CT molecular complexity index is 487. The fourth-order valence-corrected chi connectivity index (χ4v) is 3.09. The van der Waals surface area contributed by atoms with Gasteiger partial charge in [0, 0.05) is 6.54 Å². The van der Waals surface area contributed by atoms with Crippen molar-refractivity contribution in [1.29, 1.82) is 0 Å². The van der Waals surface area contributed by atoms with Crippen LogP contribution < -0.4 is 11.1 Å². The molecule has 0 unspecified atom stereocenters.